The molecular weight excluding hydrogens is 128 g/mol. The summed E-state index contributed by atoms with van der Waals surface area (Å²) in [7, 11) is 0. The molecule has 0 spiro atoms. The Bertz CT molecular complexity index is 122. The van der Waals surface area contributed by atoms with Gasteiger partial charge in [-0.05, 0) is 6.42 Å². The fraction of sp³-hybridized carbons (Fsp3) is 0.800. The fourth-order valence-electron chi connectivity index (χ4n) is 0.675. The number of likely N-dealkylation sites (tertiary alicyclic amines) is 1. The van der Waals surface area contributed by atoms with E-state index in [1.165, 1.54) is 0 Å². The smallest absolute Gasteiger partial charge is 0.315 e. The second kappa shape index (κ2) is 2.29. The maximum atomic E-state index is 11.5. The summed E-state index contributed by atoms with van der Waals surface area (Å²) in [6, 6.07) is 0. The van der Waals surface area contributed by atoms with Crippen LogP contribution in [-0.2, 0) is 4.79 Å². The molecule has 1 rings (SSSR count). The van der Waals surface area contributed by atoms with E-state index in [1.54, 1.807) is 0 Å². The summed E-state index contributed by atoms with van der Waals surface area (Å²) >= 11 is 0. The van der Waals surface area contributed by atoms with Gasteiger partial charge in [0.25, 0.3) is 5.91 Å². The van der Waals surface area contributed by atoms with Crippen LogP contribution in [0, 0.1) is 0 Å². The van der Waals surface area contributed by atoms with Gasteiger partial charge < -0.3 is 4.90 Å². The van der Waals surface area contributed by atoms with Crippen LogP contribution in [0.5, 0.6) is 0 Å². The van der Waals surface area contributed by atoms with Crippen molar-refractivity contribution in [1.82, 2.24) is 4.90 Å². The molecule has 1 aliphatic rings. The molecule has 0 saturated carbocycles. The van der Waals surface area contributed by atoms with Crippen molar-refractivity contribution < 1.29 is 13.6 Å². The number of hydrogen-bond donors (Lipinski definition) is 0. The van der Waals surface area contributed by atoms with Gasteiger partial charge in [-0.3, -0.25) is 4.79 Å². The molecule has 4 heteroatoms. The average Bonchev–Trinajstić information content (AvgIpc) is 1.60. The summed E-state index contributed by atoms with van der Waals surface area (Å²) in [4.78, 5) is 11.5. The number of hydrogen-bond acceptors (Lipinski definition) is 1. The number of rotatable bonds is 1. The van der Waals surface area contributed by atoms with Crippen molar-refractivity contribution in [3.05, 3.63) is 0 Å². The Kier molecular flexibility index (Phi) is 1.64. The van der Waals surface area contributed by atoms with Crippen LogP contribution in [0.3, 0.4) is 0 Å². The highest BCUT2D eigenvalue weighted by Gasteiger charge is 2.26. The average molecular weight is 135 g/mol. The summed E-state index contributed by atoms with van der Waals surface area (Å²) in [5.41, 5.74) is 0. The first-order chi connectivity index (χ1) is 4.22. The maximum Gasteiger partial charge on any atom is 0.315 e. The summed E-state index contributed by atoms with van der Waals surface area (Å²) in [5, 5.41) is 0. The van der Waals surface area contributed by atoms with E-state index >= 15 is 0 Å². The summed E-state index contributed by atoms with van der Waals surface area (Å²) in [6.45, 7) is 1.01. The van der Waals surface area contributed by atoms with Crippen LogP contribution in [0.1, 0.15) is 6.42 Å². The van der Waals surface area contributed by atoms with Crippen molar-refractivity contribution in [1.29, 1.82) is 0 Å². The van der Waals surface area contributed by atoms with E-state index in [1.807, 2.05) is 0 Å². The van der Waals surface area contributed by atoms with E-state index in [9.17, 15) is 13.6 Å². The first-order valence-electron chi connectivity index (χ1n) is 2.79. The van der Waals surface area contributed by atoms with E-state index < -0.39 is 12.3 Å². The van der Waals surface area contributed by atoms with Gasteiger partial charge in [-0.2, -0.15) is 8.78 Å². The molecule has 0 aromatic heterocycles. The third kappa shape index (κ3) is 1.17. The second-order valence-electron chi connectivity index (χ2n) is 1.98. The maximum absolute atomic E-state index is 11.5. The zero-order valence-corrected chi connectivity index (χ0v) is 4.81. The molecule has 0 unspecified atom stereocenters. The van der Waals surface area contributed by atoms with Gasteiger partial charge in [0, 0.05) is 13.1 Å². The topological polar surface area (TPSA) is 20.3 Å². The fourth-order valence-corrected chi connectivity index (χ4v) is 0.675. The SMILES string of the molecule is O=C(C(F)F)N1CCC1. The first kappa shape index (κ1) is 6.45. The third-order valence-electron chi connectivity index (χ3n) is 1.35. The van der Waals surface area contributed by atoms with Gasteiger partial charge in [-0.25, -0.2) is 0 Å². The van der Waals surface area contributed by atoms with Gasteiger partial charge in [-0.1, -0.05) is 0 Å². The van der Waals surface area contributed by atoms with Crippen molar-refractivity contribution in [3.8, 4) is 0 Å². The largest absolute Gasteiger partial charge is 0.338 e. The summed E-state index contributed by atoms with van der Waals surface area (Å²) in [6.07, 6.45) is -1.95. The van der Waals surface area contributed by atoms with Crippen molar-refractivity contribution in [2.75, 3.05) is 13.1 Å². The molecule has 0 bridgehead atoms. The highest BCUT2D eigenvalue weighted by molar-refractivity contribution is 5.79. The molecule has 52 valence electrons. The van der Waals surface area contributed by atoms with E-state index in [2.05, 4.69) is 0 Å². The molecule has 9 heavy (non-hydrogen) atoms. The van der Waals surface area contributed by atoms with Gasteiger partial charge >= 0.3 is 6.43 Å². The molecule has 2 nitrogen and oxygen atoms in total. The van der Waals surface area contributed by atoms with Crippen LogP contribution >= 0.6 is 0 Å². The highest BCUT2D eigenvalue weighted by Crippen LogP contribution is 2.09. The molecule has 1 aliphatic heterocycles. The predicted octanol–water partition coefficient (Wildman–Crippen LogP) is 0.484. The standard InChI is InChI=1S/C5H7F2NO/c6-4(7)5(9)8-2-1-3-8/h4H,1-3H2. The zero-order chi connectivity index (χ0) is 6.85. The number of halogens is 2. The number of carbonyl (C=O) groups excluding carboxylic acids is 1. The third-order valence-corrected chi connectivity index (χ3v) is 1.35. The van der Waals surface area contributed by atoms with Crippen LogP contribution in [-0.4, -0.2) is 30.3 Å². The molecule has 1 amide bonds. The Balaban J connectivity index is 2.32. The van der Waals surface area contributed by atoms with Gasteiger partial charge in [-0.15, -0.1) is 0 Å². The molecule has 1 heterocycles. The number of amides is 1. The van der Waals surface area contributed by atoms with E-state index in [4.69, 9.17) is 0 Å². The lowest BCUT2D eigenvalue weighted by Crippen LogP contribution is -2.45. The quantitative estimate of drug-likeness (QED) is 0.512. The Morgan fingerprint density at radius 2 is 2.00 bits per heavy atom. The van der Waals surface area contributed by atoms with Crippen molar-refractivity contribution in [2.24, 2.45) is 0 Å². The Morgan fingerprint density at radius 1 is 1.44 bits per heavy atom. The molecule has 1 fully saturated rings. The predicted molar refractivity (Wildman–Crippen MR) is 27.2 cm³/mol. The highest BCUT2D eigenvalue weighted by atomic mass is 19.3. The Hall–Kier alpha value is -0.670. The molecule has 0 aliphatic carbocycles. The van der Waals surface area contributed by atoms with Crippen LogP contribution in [0.2, 0.25) is 0 Å². The van der Waals surface area contributed by atoms with Crippen LogP contribution in [0.15, 0.2) is 0 Å². The van der Waals surface area contributed by atoms with E-state index in [0.717, 1.165) is 11.3 Å². The van der Waals surface area contributed by atoms with Crippen molar-refractivity contribution >= 4 is 5.91 Å². The van der Waals surface area contributed by atoms with E-state index in [-0.39, 0.29) is 0 Å². The minimum absolute atomic E-state index is 0.503. The van der Waals surface area contributed by atoms with Crippen molar-refractivity contribution in [2.45, 2.75) is 12.8 Å². The second-order valence-corrected chi connectivity index (χ2v) is 1.98. The van der Waals surface area contributed by atoms with Gasteiger partial charge in [0.15, 0.2) is 0 Å². The first-order valence-corrected chi connectivity index (χ1v) is 2.79. The van der Waals surface area contributed by atoms with Crippen LogP contribution < -0.4 is 0 Å². The molecule has 0 atom stereocenters. The van der Waals surface area contributed by atoms with E-state index in [0.29, 0.717) is 13.1 Å². The molecule has 0 N–H and O–H groups in total. The lowest BCUT2D eigenvalue weighted by atomic mass is 10.2. The van der Waals surface area contributed by atoms with Gasteiger partial charge in [0.1, 0.15) is 0 Å². The minimum Gasteiger partial charge on any atom is -0.338 e. The van der Waals surface area contributed by atoms with Gasteiger partial charge in [0.2, 0.25) is 0 Å². The number of nitrogens with zero attached hydrogens (tertiary/aromatic N) is 1. The lowest BCUT2D eigenvalue weighted by molar-refractivity contribution is -0.146. The number of carbonyl (C=O) groups is 1. The lowest BCUT2D eigenvalue weighted by Gasteiger charge is -2.30. The Morgan fingerprint density at radius 3 is 2.11 bits per heavy atom. The molecular formula is C5H7F2NO. The monoisotopic (exact) mass is 135 g/mol. The van der Waals surface area contributed by atoms with Crippen molar-refractivity contribution in [3.63, 3.8) is 0 Å². The summed E-state index contributed by atoms with van der Waals surface area (Å²) < 4.78 is 23.0. The number of alkyl halides is 2. The zero-order valence-electron chi connectivity index (χ0n) is 4.81. The van der Waals surface area contributed by atoms with Gasteiger partial charge in [0.05, 0.1) is 0 Å². The Labute approximate surface area is 51.4 Å². The molecule has 0 aromatic carbocycles. The minimum atomic E-state index is -2.81. The molecule has 0 radical (unpaired) electrons. The van der Waals surface area contributed by atoms with Crippen LogP contribution in [0.25, 0.3) is 0 Å². The molecule has 0 aromatic rings. The van der Waals surface area contributed by atoms with Crippen LogP contribution in [0.4, 0.5) is 8.78 Å². The molecule has 1 saturated heterocycles. The summed E-state index contributed by atoms with van der Waals surface area (Å²) in [5.74, 6) is -1.03. The normalized spacial score (nSPS) is 17.9.